The fourth-order valence-corrected chi connectivity index (χ4v) is 3.60. The highest BCUT2D eigenvalue weighted by atomic mass is 32.2. The standard InChI is InChI=1S/C17H19N3O3S/c1-18-14-5-3-6-15(11-14)19-17(21)12-4-2-7-16(10-12)24(22,23)20-13-8-9-13/h2-7,10-11,13,18,20H,8-9H2,1H3,(H,19,21). The number of carbonyl (C=O) groups is 1. The zero-order valence-electron chi connectivity index (χ0n) is 13.2. The summed E-state index contributed by atoms with van der Waals surface area (Å²) < 4.78 is 27.1. The second-order valence-corrected chi connectivity index (χ2v) is 7.42. The zero-order valence-corrected chi connectivity index (χ0v) is 14.1. The minimum Gasteiger partial charge on any atom is -0.388 e. The normalized spacial score (nSPS) is 14.2. The van der Waals surface area contributed by atoms with E-state index in [1.54, 1.807) is 31.3 Å². The molecule has 7 heteroatoms. The van der Waals surface area contributed by atoms with Crippen molar-refractivity contribution in [3.63, 3.8) is 0 Å². The van der Waals surface area contributed by atoms with E-state index in [0.29, 0.717) is 11.3 Å². The minimum atomic E-state index is -3.58. The van der Waals surface area contributed by atoms with Crippen molar-refractivity contribution in [2.75, 3.05) is 17.7 Å². The van der Waals surface area contributed by atoms with Crippen LogP contribution in [0.2, 0.25) is 0 Å². The number of amides is 1. The molecule has 0 heterocycles. The van der Waals surface area contributed by atoms with Crippen LogP contribution in [0.5, 0.6) is 0 Å². The van der Waals surface area contributed by atoms with E-state index in [0.717, 1.165) is 18.5 Å². The van der Waals surface area contributed by atoms with Crippen molar-refractivity contribution in [3.05, 3.63) is 54.1 Å². The van der Waals surface area contributed by atoms with Gasteiger partial charge in [-0.2, -0.15) is 0 Å². The van der Waals surface area contributed by atoms with Gasteiger partial charge in [0.2, 0.25) is 10.0 Å². The van der Waals surface area contributed by atoms with Gasteiger partial charge >= 0.3 is 0 Å². The van der Waals surface area contributed by atoms with Crippen LogP contribution in [0.4, 0.5) is 11.4 Å². The molecule has 3 N–H and O–H groups in total. The molecular weight excluding hydrogens is 326 g/mol. The number of anilines is 2. The van der Waals surface area contributed by atoms with Gasteiger partial charge in [-0.25, -0.2) is 13.1 Å². The van der Waals surface area contributed by atoms with Crippen molar-refractivity contribution in [1.29, 1.82) is 0 Å². The average molecular weight is 345 g/mol. The van der Waals surface area contributed by atoms with Gasteiger partial charge in [-0.05, 0) is 49.2 Å². The van der Waals surface area contributed by atoms with E-state index >= 15 is 0 Å². The van der Waals surface area contributed by atoms with Crippen LogP contribution in [0, 0.1) is 0 Å². The Kier molecular flexibility index (Phi) is 4.55. The Morgan fingerprint density at radius 2 is 1.75 bits per heavy atom. The molecule has 2 aromatic carbocycles. The first-order valence-corrected chi connectivity index (χ1v) is 9.18. The third-order valence-corrected chi connectivity index (χ3v) is 5.23. The topological polar surface area (TPSA) is 87.3 Å². The van der Waals surface area contributed by atoms with Gasteiger partial charge in [0.05, 0.1) is 4.90 Å². The van der Waals surface area contributed by atoms with Crippen LogP contribution in [-0.2, 0) is 10.0 Å². The summed E-state index contributed by atoms with van der Waals surface area (Å²) in [7, 11) is -1.78. The van der Waals surface area contributed by atoms with Gasteiger partial charge in [-0.1, -0.05) is 12.1 Å². The highest BCUT2D eigenvalue weighted by molar-refractivity contribution is 7.89. The van der Waals surface area contributed by atoms with Crippen LogP contribution >= 0.6 is 0 Å². The maximum absolute atomic E-state index is 12.4. The molecule has 126 valence electrons. The fourth-order valence-electron chi connectivity index (χ4n) is 2.25. The summed E-state index contributed by atoms with van der Waals surface area (Å²) in [5, 5.41) is 5.77. The molecule has 0 aliphatic heterocycles. The summed E-state index contributed by atoms with van der Waals surface area (Å²) in [6.45, 7) is 0. The first-order chi connectivity index (χ1) is 11.5. The number of rotatable bonds is 6. The molecule has 0 aromatic heterocycles. The molecule has 24 heavy (non-hydrogen) atoms. The van der Waals surface area contributed by atoms with Crippen molar-refractivity contribution >= 4 is 27.3 Å². The van der Waals surface area contributed by atoms with E-state index in [1.165, 1.54) is 12.1 Å². The summed E-state index contributed by atoms with van der Waals surface area (Å²) in [5.74, 6) is -0.355. The van der Waals surface area contributed by atoms with Gasteiger partial charge in [0.15, 0.2) is 0 Å². The summed E-state index contributed by atoms with van der Waals surface area (Å²) in [6, 6.07) is 13.3. The SMILES string of the molecule is CNc1cccc(NC(=O)c2cccc(S(=O)(=O)NC3CC3)c2)c1. The van der Waals surface area contributed by atoms with Crippen molar-refractivity contribution in [3.8, 4) is 0 Å². The van der Waals surface area contributed by atoms with Crippen LogP contribution in [0.1, 0.15) is 23.2 Å². The average Bonchev–Trinajstić information content (AvgIpc) is 3.38. The Labute approximate surface area is 141 Å². The molecule has 1 saturated carbocycles. The number of hydrogen-bond acceptors (Lipinski definition) is 4. The number of hydrogen-bond donors (Lipinski definition) is 3. The van der Waals surface area contributed by atoms with E-state index in [-0.39, 0.29) is 16.8 Å². The third-order valence-electron chi connectivity index (χ3n) is 3.71. The molecule has 0 saturated heterocycles. The van der Waals surface area contributed by atoms with Gasteiger partial charge < -0.3 is 10.6 Å². The molecule has 0 unspecified atom stereocenters. The molecule has 1 amide bonds. The Bertz CT molecular complexity index is 861. The third kappa shape index (κ3) is 3.93. The predicted molar refractivity (Wildman–Crippen MR) is 93.7 cm³/mol. The second-order valence-electron chi connectivity index (χ2n) is 5.71. The van der Waals surface area contributed by atoms with Gasteiger partial charge in [0.1, 0.15) is 0 Å². The summed E-state index contributed by atoms with van der Waals surface area (Å²) in [5.41, 5.74) is 1.80. The van der Waals surface area contributed by atoms with Gasteiger partial charge in [0.25, 0.3) is 5.91 Å². The van der Waals surface area contributed by atoms with Gasteiger partial charge in [-0.3, -0.25) is 4.79 Å². The van der Waals surface area contributed by atoms with Gasteiger partial charge in [0, 0.05) is 30.0 Å². The van der Waals surface area contributed by atoms with E-state index < -0.39 is 10.0 Å². The minimum absolute atomic E-state index is 0.0248. The van der Waals surface area contributed by atoms with Crippen molar-refractivity contribution < 1.29 is 13.2 Å². The Hall–Kier alpha value is -2.38. The smallest absolute Gasteiger partial charge is 0.255 e. The Balaban J connectivity index is 1.78. The summed E-state index contributed by atoms with van der Waals surface area (Å²) in [4.78, 5) is 12.5. The van der Waals surface area contributed by atoms with E-state index in [9.17, 15) is 13.2 Å². The largest absolute Gasteiger partial charge is 0.388 e. The van der Waals surface area contributed by atoms with E-state index in [4.69, 9.17) is 0 Å². The lowest BCUT2D eigenvalue weighted by Gasteiger charge is -2.09. The number of benzene rings is 2. The molecular formula is C17H19N3O3S. The molecule has 1 aliphatic carbocycles. The maximum Gasteiger partial charge on any atom is 0.255 e. The molecule has 0 bridgehead atoms. The van der Waals surface area contributed by atoms with Crippen molar-refractivity contribution in [2.45, 2.75) is 23.8 Å². The second kappa shape index (κ2) is 6.62. The number of nitrogens with one attached hydrogen (secondary N) is 3. The lowest BCUT2D eigenvalue weighted by atomic mass is 10.2. The van der Waals surface area contributed by atoms with E-state index in [1.807, 2.05) is 12.1 Å². The highest BCUT2D eigenvalue weighted by Gasteiger charge is 2.28. The lowest BCUT2D eigenvalue weighted by molar-refractivity contribution is 0.102. The molecule has 2 aromatic rings. The molecule has 3 rings (SSSR count). The summed E-state index contributed by atoms with van der Waals surface area (Å²) >= 11 is 0. The van der Waals surface area contributed by atoms with Crippen molar-refractivity contribution in [1.82, 2.24) is 4.72 Å². The number of sulfonamides is 1. The first-order valence-electron chi connectivity index (χ1n) is 7.69. The van der Waals surface area contributed by atoms with E-state index in [2.05, 4.69) is 15.4 Å². The quantitative estimate of drug-likeness (QED) is 0.750. The monoisotopic (exact) mass is 345 g/mol. The molecule has 0 spiro atoms. The Morgan fingerprint density at radius 1 is 1.04 bits per heavy atom. The molecule has 6 nitrogen and oxygen atoms in total. The predicted octanol–water partition coefficient (Wildman–Crippen LogP) is 2.42. The van der Waals surface area contributed by atoms with Crippen LogP contribution in [0.15, 0.2) is 53.4 Å². The first kappa shape index (κ1) is 16.5. The zero-order chi connectivity index (χ0) is 17.2. The number of carbonyl (C=O) groups excluding carboxylic acids is 1. The lowest BCUT2D eigenvalue weighted by Crippen LogP contribution is -2.26. The van der Waals surface area contributed by atoms with Crippen LogP contribution in [0.3, 0.4) is 0 Å². The highest BCUT2D eigenvalue weighted by Crippen LogP contribution is 2.23. The van der Waals surface area contributed by atoms with Gasteiger partial charge in [-0.15, -0.1) is 0 Å². The molecule has 0 radical (unpaired) electrons. The fraction of sp³-hybridized carbons (Fsp3) is 0.235. The Morgan fingerprint density at radius 3 is 2.46 bits per heavy atom. The van der Waals surface area contributed by atoms with Crippen molar-refractivity contribution in [2.24, 2.45) is 0 Å². The molecule has 1 fully saturated rings. The molecule has 0 atom stereocenters. The van der Waals surface area contributed by atoms with Crippen LogP contribution in [0.25, 0.3) is 0 Å². The van der Waals surface area contributed by atoms with Crippen LogP contribution in [-0.4, -0.2) is 27.4 Å². The van der Waals surface area contributed by atoms with Crippen LogP contribution < -0.4 is 15.4 Å². The molecule has 1 aliphatic rings. The maximum atomic E-state index is 12.4. The summed E-state index contributed by atoms with van der Waals surface area (Å²) in [6.07, 6.45) is 1.72.